The van der Waals surface area contributed by atoms with Crippen LogP contribution in [-0.2, 0) is 0 Å². The van der Waals surface area contributed by atoms with Crippen molar-refractivity contribution in [3.8, 4) is 0 Å². The maximum atomic E-state index is 13.4. The molecule has 0 radical (unpaired) electrons. The summed E-state index contributed by atoms with van der Waals surface area (Å²) in [6.07, 6.45) is 3.46. The van der Waals surface area contributed by atoms with Gasteiger partial charge in [-0.15, -0.1) is 0 Å². The minimum Gasteiger partial charge on any atom is -0.371 e. The number of amides is 2. The first-order chi connectivity index (χ1) is 13.0. The van der Waals surface area contributed by atoms with Crippen LogP contribution in [0.25, 0.3) is 0 Å². The summed E-state index contributed by atoms with van der Waals surface area (Å²) >= 11 is 0. The van der Waals surface area contributed by atoms with E-state index in [2.05, 4.69) is 22.5 Å². The zero-order chi connectivity index (χ0) is 19.2. The van der Waals surface area contributed by atoms with E-state index in [0.29, 0.717) is 24.7 Å². The van der Waals surface area contributed by atoms with Crippen molar-refractivity contribution in [1.82, 2.24) is 15.5 Å². The lowest BCUT2D eigenvalue weighted by Crippen LogP contribution is -2.44. The van der Waals surface area contributed by atoms with Crippen molar-refractivity contribution in [2.24, 2.45) is 11.8 Å². The Balaban J connectivity index is 1.33. The first kappa shape index (κ1) is 19.9. The molecule has 2 N–H and O–H groups in total. The van der Waals surface area contributed by atoms with Gasteiger partial charge < -0.3 is 20.4 Å². The summed E-state index contributed by atoms with van der Waals surface area (Å²) in [7, 11) is 0. The molecule has 2 heterocycles. The lowest BCUT2D eigenvalue weighted by atomic mass is 10.0. The molecular formula is C20H30F2N4O. The number of hydrogen-bond donors (Lipinski definition) is 2. The van der Waals surface area contributed by atoms with E-state index in [4.69, 9.17) is 0 Å². The molecule has 7 heteroatoms. The quantitative estimate of drug-likeness (QED) is 0.798. The smallest absolute Gasteiger partial charge is 0.314 e. The number of carbonyl (C=O) groups excluding carboxylic acids is 1. The van der Waals surface area contributed by atoms with Gasteiger partial charge in [0.2, 0.25) is 0 Å². The summed E-state index contributed by atoms with van der Waals surface area (Å²) in [4.78, 5) is 16.4. The fourth-order valence-corrected chi connectivity index (χ4v) is 4.03. The van der Waals surface area contributed by atoms with E-state index < -0.39 is 11.6 Å². The third-order valence-corrected chi connectivity index (χ3v) is 5.56. The largest absolute Gasteiger partial charge is 0.371 e. The van der Waals surface area contributed by atoms with E-state index in [0.717, 1.165) is 51.1 Å². The van der Waals surface area contributed by atoms with Gasteiger partial charge in [-0.3, -0.25) is 0 Å². The van der Waals surface area contributed by atoms with Crippen molar-refractivity contribution in [3.05, 3.63) is 29.8 Å². The molecule has 2 aliphatic rings. The molecule has 2 atom stereocenters. The van der Waals surface area contributed by atoms with Crippen LogP contribution in [0.4, 0.5) is 19.3 Å². The highest BCUT2D eigenvalue weighted by atomic mass is 19.2. The number of benzene rings is 1. The Morgan fingerprint density at radius 3 is 2.78 bits per heavy atom. The van der Waals surface area contributed by atoms with Crippen LogP contribution in [0.2, 0.25) is 0 Å². The summed E-state index contributed by atoms with van der Waals surface area (Å²) < 4.78 is 26.4. The molecular weight excluding hydrogens is 350 g/mol. The molecule has 2 fully saturated rings. The molecule has 2 aliphatic heterocycles. The lowest BCUT2D eigenvalue weighted by molar-refractivity contribution is 0.183. The second kappa shape index (κ2) is 9.35. The Hall–Kier alpha value is -1.89. The number of nitrogens with zero attached hydrogens (tertiary/aromatic N) is 2. The normalized spacial score (nSPS) is 23.4. The van der Waals surface area contributed by atoms with Crippen molar-refractivity contribution in [2.75, 3.05) is 50.7 Å². The standard InChI is InChI=1S/C20H30F2N4O/c1-15-3-2-8-25(13-15)10-7-23-20(27)24-12-16-6-9-26(14-16)17-4-5-18(21)19(22)11-17/h4-5,11,15-16H,2-3,6-10,12-14H2,1H3,(H2,23,24,27)/t15-,16+/m1/s1. The third kappa shape index (κ3) is 5.79. The number of carbonyl (C=O) groups is 1. The zero-order valence-electron chi connectivity index (χ0n) is 16.0. The van der Waals surface area contributed by atoms with E-state index in [1.807, 2.05) is 4.90 Å². The number of hydrogen-bond acceptors (Lipinski definition) is 3. The number of halogens is 2. The Kier molecular flexibility index (Phi) is 6.88. The van der Waals surface area contributed by atoms with Gasteiger partial charge in [0.25, 0.3) is 0 Å². The fraction of sp³-hybridized carbons (Fsp3) is 0.650. The summed E-state index contributed by atoms with van der Waals surface area (Å²) in [5, 5.41) is 5.86. The van der Waals surface area contributed by atoms with Crippen molar-refractivity contribution >= 4 is 11.7 Å². The molecule has 0 aliphatic carbocycles. The van der Waals surface area contributed by atoms with Crippen LogP contribution >= 0.6 is 0 Å². The Labute approximate surface area is 160 Å². The van der Waals surface area contributed by atoms with Gasteiger partial charge in [-0.25, -0.2) is 13.6 Å². The molecule has 2 saturated heterocycles. The minimum atomic E-state index is -0.827. The van der Waals surface area contributed by atoms with Crippen molar-refractivity contribution < 1.29 is 13.6 Å². The van der Waals surface area contributed by atoms with Gasteiger partial charge >= 0.3 is 6.03 Å². The van der Waals surface area contributed by atoms with Crippen LogP contribution in [0.15, 0.2) is 18.2 Å². The minimum absolute atomic E-state index is 0.133. The molecule has 0 spiro atoms. The molecule has 5 nitrogen and oxygen atoms in total. The number of anilines is 1. The number of urea groups is 1. The third-order valence-electron chi connectivity index (χ3n) is 5.56. The van der Waals surface area contributed by atoms with Crippen molar-refractivity contribution in [2.45, 2.75) is 26.2 Å². The van der Waals surface area contributed by atoms with Crippen LogP contribution in [0, 0.1) is 23.5 Å². The van der Waals surface area contributed by atoms with Gasteiger partial charge in [0, 0.05) is 51.0 Å². The number of piperidine rings is 1. The van der Waals surface area contributed by atoms with E-state index in [1.165, 1.54) is 18.9 Å². The monoisotopic (exact) mass is 380 g/mol. The first-order valence-corrected chi connectivity index (χ1v) is 9.95. The molecule has 1 aromatic rings. The van der Waals surface area contributed by atoms with Gasteiger partial charge in [-0.05, 0) is 49.8 Å². The highest BCUT2D eigenvalue weighted by Crippen LogP contribution is 2.25. The number of nitrogens with one attached hydrogen (secondary N) is 2. The highest BCUT2D eigenvalue weighted by Gasteiger charge is 2.24. The topological polar surface area (TPSA) is 47.6 Å². The molecule has 0 saturated carbocycles. The SMILES string of the molecule is C[C@@H]1CCCN(CCNC(=O)NC[C@@H]2CCN(c3ccc(F)c(F)c3)C2)C1. The molecule has 0 unspecified atom stereocenters. The Morgan fingerprint density at radius 2 is 2.00 bits per heavy atom. The molecule has 0 aromatic heterocycles. The molecule has 27 heavy (non-hydrogen) atoms. The zero-order valence-corrected chi connectivity index (χ0v) is 16.0. The van der Waals surface area contributed by atoms with Gasteiger partial charge in [0.1, 0.15) is 0 Å². The second-order valence-electron chi connectivity index (χ2n) is 7.88. The van der Waals surface area contributed by atoms with Crippen LogP contribution in [0.5, 0.6) is 0 Å². The van der Waals surface area contributed by atoms with Gasteiger partial charge in [0.05, 0.1) is 0 Å². The Morgan fingerprint density at radius 1 is 1.15 bits per heavy atom. The molecule has 1 aromatic carbocycles. The molecule has 2 amide bonds. The average molecular weight is 380 g/mol. The predicted octanol–water partition coefficient (Wildman–Crippen LogP) is 2.82. The van der Waals surface area contributed by atoms with E-state index in [1.54, 1.807) is 6.07 Å². The van der Waals surface area contributed by atoms with E-state index in [9.17, 15) is 13.6 Å². The van der Waals surface area contributed by atoms with E-state index >= 15 is 0 Å². The maximum absolute atomic E-state index is 13.4. The number of rotatable bonds is 6. The highest BCUT2D eigenvalue weighted by molar-refractivity contribution is 5.73. The average Bonchev–Trinajstić information content (AvgIpc) is 3.11. The molecule has 3 rings (SSSR count). The Bertz CT molecular complexity index is 642. The van der Waals surface area contributed by atoms with Crippen molar-refractivity contribution in [3.63, 3.8) is 0 Å². The molecule has 0 bridgehead atoms. The second-order valence-corrected chi connectivity index (χ2v) is 7.88. The predicted molar refractivity (Wildman–Crippen MR) is 103 cm³/mol. The van der Waals surface area contributed by atoms with Gasteiger partial charge in [0.15, 0.2) is 11.6 Å². The summed E-state index contributed by atoms with van der Waals surface area (Å²) in [5.74, 6) is -0.595. The summed E-state index contributed by atoms with van der Waals surface area (Å²) in [6.45, 7) is 8.17. The van der Waals surface area contributed by atoms with Crippen molar-refractivity contribution in [1.29, 1.82) is 0 Å². The lowest BCUT2D eigenvalue weighted by Gasteiger charge is -2.30. The number of likely N-dealkylation sites (tertiary alicyclic amines) is 1. The van der Waals surface area contributed by atoms with Crippen LogP contribution in [-0.4, -0.2) is 56.7 Å². The van der Waals surface area contributed by atoms with Gasteiger partial charge in [-0.2, -0.15) is 0 Å². The van der Waals surface area contributed by atoms with Crippen LogP contribution in [0.1, 0.15) is 26.2 Å². The fourth-order valence-electron chi connectivity index (χ4n) is 4.03. The maximum Gasteiger partial charge on any atom is 0.314 e. The van der Waals surface area contributed by atoms with E-state index in [-0.39, 0.29) is 6.03 Å². The first-order valence-electron chi connectivity index (χ1n) is 9.95. The van der Waals surface area contributed by atoms with Crippen LogP contribution in [0.3, 0.4) is 0 Å². The van der Waals surface area contributed by atoms with Crippen LogP contribution < -0.4 is 15.5 Å². The summed E-state index contributed by atoms with van der Waals surface area (Å²) in [5.41, 5.74) is 0.691. The van der Waals surface area contributed by atoms with Gasteiger partial charge in [-0.1, -0.05) is 6.92 Å². The summed E-state index contributed by atoms with van der Waals surface area (Å²) in [6, 6.07) is 3.86. The molecule has 150 valence electrons.